The van der Waals surface area contributed by atoms with Gasteiger partial charge in [0.2, 0.25) is 16.6 Å². The van der Waals surface area contributed by atoms with Crippen molar-refractivity contribution in [1.82, 2.24) is 20.0 Å². The number of halogens is 1. The van der Waals surface area contributed by atoms with Crippen LogP contribution in [0.1, 0.15) is 26.0 Å². The van der Waals surface area contributed by atoms with E-state index in [9.17, 15) is 32.5 Å². The number of carbonyl (C=O) groups is 3. The molecule has 3 heterocycles. The fourth-order valence-electron chi connectivity index (χ4n) is 4.44. The van der Waals surface area contributed by atoms with Crippen molar-refractivity contribution in [3.8, 4) is 16.9 Å². The number of nitrogens with two attached hydrogens (primary N) is 2. The molecule has 1 fully saturated rings. The van der Waals surface area contributed by atoms with Gasteiger partial charge in [-0.3, -0.25) is 9.59 Å². The standard InChI is InChI=1S/C26H31ClN8O10S2/c1-26(2)20(23(37)35(26)45-47(40,41)42)31-22(36)19(18-21(27)46-25(29)30-18)32-44-17(24(38)39)13-43-16-7-5-14(6-8-16)15-11-33(3)34(12-15)10-4-9-28/h5-8,11-12,17,20H,4,9-10,13,28H2,1-3H3,(H4-,29,30,31,36,38,39,40,41,42)/b32-19-/t17-,20+/m0/s1. The average Bonchev–Trinajstić information content (AvgIpc) is 3.54. The molecule has 47 heavy (non-hydrogen) atoms. The van der Waals surface area contributed by atoms with E-state index in [1.807, 2.05) is 28.8 Å². The molecular weight excluding hydrogens is 684 g/mol. The first-order chi connectivity index (χ1) is 22.0. The van der Waals surface area contributed by atoms with E-state index in [4.69, 9.17) is 32.6 Å². The van der Waals surface area contributed by atoms with Crippen LogP contribution in [-0.4, -0.2) is 87.1 Å². The number of hydrogen-bond acceptors (Lipinski definition) is 14. The van der Waals surface area contributed by atoms with E-state index in [-0.39, 0.29) is 15.2 Å². The lowest BCUT2D eigenvalue weighted by atomic mass is 9.84. The van der Waals surface area contributed by atoms with Gasteiger partial charge < -0.3 is 36.0 Å². The maximum Gasteiger partial charge on any atom is 0.351 e. The number of nitrogens with zero attached hydrogens (tertiary/aromatic N) is 5. The number of carbonyl (C=O) groups excluding carboxylic acids is 2. The Labute approximate surface area is 277 Å². The van der Waals surface area contributed by atoms with E-state index < -0.39 is 58.2 Å². The molecule has 1 aromatic carbocycles. The largest absolute Gasteiger partial charge is 0.724 e. The molecule has 1 saturated heterocycles. The summed E-state index contributed by atoms with van der Waals surface area (Å²) in [5.74, 6) is -3.33. The predicted octanol–water partition coefficient (Wildman–Crippen LogP) is -0.229. The molecule has 0 unspecified atom stereocenters. The number of rotatable bonds is 15. The zero-order valence-electron chi connectivity index (χ0n) is 25.2. The highest BCUT2D eigenvalue weighted by atomic mass is 35.5. The van der Waals surface area contributed by atoms with Crippen molar-refractivity contribution >= 4 is 62.0 Å². The van der Waals surface area contributed by atoms with Crippen LogP contribution in [0.5, 0.6) is 5.75 Å². The summed E-state index contributed by atoms with van der Waals surface area (Å²) >= 11 is 6.96. The predicted molar refractivity (Wildman–Crippen MR) is 164 cm³/mol. The number of nitrogens with one attached hydrogen (secondary N) is 1. The number of hydroxylamine groups is 2. The number of amides is 2. The van der Waals surface area contributed by atoms with Crippen molar-refractivity contribution in [1.29, 1.82) is 0 Å². The van der Waals surface area contributed by atoms with Crippen LogP contribution in [0.15, 0.2) is 41.8 Å². The number of thiazole rings is 1. The van der Waals surface area contributed by atoms with Gasteiger partial charge in [0.05, 0.1) is 23.8 Å². The first-order valence-electron chi connectivity index (χ1n) is 13.7. The molecule has 0 saturated carbocycles. The molecule has 4 rings (SSSR count). The first-order valence-corrected chi connectivity index (χ1v) is 16.2. The Balaban J connectivity index is 1.47. The van der Waals surface area contributed by atoms with Gasteiger partial charge in [-0.15, -0.1) is 4.68 Å². The van der Waals surface area contributed by atoms with Gasteiger partial charge in [0.25, 0.3) is 17.9 Å². The fourth-order valence-corrected chi connectivity index (χ4v) is 5.81. The molecule has 0 bridgehead atoms. The van der Waals surface area contributed by atoms with Crippen molar-refractivity contribution in [3.63, 3.8) is 0 Å². The van der Waals surface area contributed by atoms with Crippen LogP contribution in [-0.2, 0) is 47.5 Å². The Morgan fingerprint density at radius 3 is 2.53 bits per heavy atom. The number of aliphatic carboxylic acids is 1. The van der Waals surface area contributed by atoms with Crippen molar-refractivity contribution < 1.29 is 51.0 Å². The van der Waals surface area contributed by atoms with E-state index in [2.05, 4.69) is 19.7 Å². The highest BCUT2D eigenvalue weighted by Gasteiger charge is 2.57. The summed E-state index contributed by atoms with van der Waals surface area (Å²) in [6.45, 7) is 3.43. The number of nitrogen functional groups attached to an aromatic ring is 1. The molecule has 1 aliphatic heterocycles. The molecule has 2 amide bonds. The maximum atomic E-state index is 13.3. The number of aromatic nitrogens is 3. The zero-order chi connectivity index (χ0) is 34.7. The molecule has 6 N–H and O–H groups in total. The third-order valence-electron chi connectivity index (χ3n) is 6.91. The quantitative estimate of drug-likeness (QED) is 0.0397. The van der Waals surface area contributed by atoms with Crippen molar-refractivity contribution in [2.75, 3.05) is 18.9 Å². The van der Waals surface area contributed by atoms with Crippen LogP contribution in [0.3, 0.4) is 0 Å². The van der Waals surface area contributed by atoms with E-state index in [1.165, 1.54) is 13.8 Å². The van der Waals surface area contributed by atoms with Gasteiger partial charge in [-0.05, 0) is 44.5 Å². The van der Waals surface area contributed by atoms with Crippen molar-refractivity contribution in [2.45, 2.75) is 44.5 Å². The lowest BCUT2D eigenvalue weighted by Crippen LogP contribution is -2.76. The van der Waals surface area contributed by atoms with Crippen LogP contribution in [0.25, 0.3) is 11.1 Å². The van der Waals surface area contributed by atoms with E-state index >= 15 is 0 Å². The van der Waals surface area contributed by atoms with Crippen LogP contribution >= 0.6 is 22.9 Å². The third kappa shape index (κ3) is 8.34. The van der Waals surface area contributed by atoms with Gasteiger partial charge >= 0.3 is 5.97 Å². The van der Waals surface area contributed by atoms with Crippen molar-refractivity contribution in [2.24, 2.45) is 17.9 Å². The number of oxime groups is 1. The number of carboxylic acid groups (broad SMARTS) is 1. The second kappa shape index (κ2) is 14.2. The summed E-state index contributed by atoms with van der Waals surface area (Å²) in [4.78, 5) is 46.9. The summed E-state index contributed by atoms with van der Waals surface area (Å²) in [5.41, 5.74) is 10.7. The minimum Gasteiger partial charge on any atom is -0.724 e. The Bertz CT molecular complexity index is 1790. The summed E-state index contributed by atoms with van der Waals surface area (Å²) < 4.78 is 46.6. The van der Waals surface area contributed by atoms with Gasteiger partial charge in [0.1, 0.15) is 28.4 Å². The lowest BCUT2D eigenvalue weighted by molar-refractivity contribution is -0.753. The second-order valence-corrected chi connectivity index (χ2v) is 13.2. The molecule has 18 nitrogen and oxygen atoms in total. The Hall–Kier alpha value is -4.34. The number of anilines is 1. The first kappa shape index (κ1) is 35.5. The number of hydrogen-bond donors (Lipinski definition) is 4. The topological polar surface area (TPSA) is 258 Å². The lowest BCUT2D eigenvalue weighted by Gasteiger charge is -2.51. The molecule has 254 valence electrons. The molecule has 21 heteroatoms. The zero-order valence-corrected chi connectivity index (χ0v) is 27.5. The van der Waals surface area contributed by atoms with Gasteiger partial charge in [0, 0.05) is 0 Å². The summed E-state index contributed by atoms with van der Waals surface area (Å²) in [7, 11) is -3.37. The molecule has 3 aromatic rings. The number of benzene rings is 1. The monoisotopic (exact) mass is 714 g/mol. The van der Waals surface area contributed by atoms with Gasteiger partial charge in [-0.25, -0.2) is 18.2 Å². The normalized spacial score (nSPS) is 16.8. The molecule has 0 radical (unpaired) electrons. The van der Waals surface area contributed by atoms with Crippen molar-refractivity contribution in [3.05, 3.63) is 46.7 Å². The van der Waals surface area contributed by atoms with Crippen LogP contribution in [0.2, 0.25) is 4.34 Å². The Morgan fingerprint density at radius 2 is 1.98 bits per heavy atom. The Morgan fingerprint density at radius 1 is 1.30 bits per heavy atom. The Kier molecular flexibility index (Phi) is 10.7. The molecule has 2 aromatic heterocycles. The summed E-state index contributed by atoms with van der Waals surface area (Å²) in [5, 5.41) is 16.0. The van der Waals surface area contributed by atoms with Crippen LogP contribution in [0.4, 0.5) is 5.13 Å². The smallest absolute Gasteiger partial charge is 0.351 e. The van der Waals surface area contributed by atoms with Gasteiger partial charge in [-0.1, -0.05) is 40.2 Å². The molecule has 2 atom stereocenters. The highest BCUT2D eigenvalue weighted by molar-refractivity contribution is 7.80. The molecule has 0 aliphatic carbocycles. The minimum absolute atomic E-state index is 0.0618. The van der Waals surface area contributed by atoms with E-state index in [0.29, 0.717) is 17.4 Å². The molecule has 1 aliphatic rings. The van der Waals surface area contributed by atoms with Crippen LogP contribution < -0.4 is 26.2 Å². The molecule has 0 spiro atoms. The van der Waals surface area contributed by atoms with E-state index in [0.717, 1.165) is 35.4 Å². The van der Waals surface area contributed by atoms with Crippen LogP contribution in [0, 0.1) is 0 Å². The minimum atomic E-state index is -5.29. The molecular formula is C26H31ClN8O10S2. The second-order valence-electron chi connectivity index (χ2n) is 10.7. The van der Waals surface area contributed by atoms with Gasteiger partial charge in [-0.2, -0.15) is 14.0 Å². The maximum absolute atomic E-state index is 13.3. The number of carboxylic acids is 1. The van der Waals surface area contributed by atoms with Gasteiger partial charge in [0.15, 0.2) is 17.9 Å². The number of ether oxygens (including phenoxy) is 1. The number of β-lactam (4-membered cyclic amide) rings is 1. The third-order valence-corrected chi connectivity index (χ3v) is 8.32. The fraction of sp³-hybridized carbons (Fsp3) is 0.385. The summed E-state index contributed by atoms with van der Waals surface area (Å²) in [6, 6.07) is 5.49. The average molecular weight is 715 g/mol. The van der Waals surface area contributed by atoms with E-state index in [1.54, 1.807) is 24.3 Å². The number of aryl methyl sites for hydroxylation is 2. The summed E-state index contributed by atoms with van der Waals surface area (Å²) in [6.07, 6.45) is 3.04. The SMILES string of the molecule is C[n+]1cc(-c2ccc(OC[C@H](O/N=C(\C(=O)N[C@@H]3C(=O)N(OS(=O)(=O)[O-])C3(C)C)c3nc(N)sc3Cl)C(=O)O)cc2)cn1CCCN. The highest BCUT2D eigenvalue weighted by Crippen LogP contribution is 2.33.